The Morgan fingerprint density at radius 2 is 2.10 bits per heavy atom. The normalized spacial score (nSPS) is 34.3. The van der Waals surface area contributed by atoms with Gasteiger partial charge in [-0.1, -0.05) is 25.5 Å². The minimum atomic E-state index is -0.342. The zero-order chi connectivity index (χ0) is 14.9. The number of fused-ring (bicyclic) bond motifs is 1. The van der Waals surface area contributed by atoms with E-state index in [1.807, 2.05) is 6.92 Å². The quantitative estimate of drug-likeness (QED) is 0.438. The molecule has 3 atom stereocenters. The molecule has 0 N–H and O–H groups in total. The molecule has 0 heterocycles. The molecule has 1 saturated carbocycles. The highest BCUT2D eigenvalue weighted by molar-refractivity contribution is 5.87. The average Bonchev–Trinajstić information content (AvgIpc) is 2.38. The topological polar surface area (TPSA) is 43.4 Å². The highest BCUT2D eigenvalue weighted by Gasteiger charge is 2.49. The van der Waals surface area contributed by atoms with Crippen molar-refractivity contribution in [1.82, 2.24) is 0 Å². The van der Waals surface area contributed by atoms with E-state index in [1.54, 1.807) is 0 Å². The van der Waals surface area contributed by atoms with Crippen molar-refractivity contribution < 1.29 is 14.3 Å². The van der Waals surface area contributed by atoms with Gasteiger partial charge >= 0.3 is 5.97 Å². The molecular formula is C17H24O3. The van der Waals surface area contributed by atoms with Crippen LogP contribution in [-0.2, 0) is 14.3 Å². The van der Waals surface area contributed by atoms with Crippen LogP contribution in [-0.4, -0.2) is 11.8 Å². The first-order chi connectivity index (χ1) is 9.37. The van der Waals surface area contributed by atoms with Crippen molar-refractivity contribution in [2.45, 2.75) is 53.4 Å². The molecule has 3 heteroatoms. The molecule has 110 valence electrons. The molecule has 0 aromatic rings. The van der Waals surface area contributed by atoms with Gasteiger partial charge in [-0.3, -0.25) is 9.59 Å². The molecule has 2 aliphatic rings. The molecule has 3 nitrogen and oxygen atoms in total. The molecule has 0 radical (unpaired) electrons. The van der Waals surface area contributed by atoms with E-state index in [4.69, 9.17) is 4.74 Å². The summed E-state index contributed by atoms with van der Waals surface area (Å²) in [6, 6.07) is 0. The van der Waals surface area contributed by atoms with E-state index in [0.29, 0.717) is 12.3 Å². The van der Waals surface area contributed by atoms with Crippen molar-refractivity contribution in [3.05, 3.63) is 23.5 Å². The standard InChI is InChI=1S/C17H24O3/c1-11(10-20-13(3)18)16-15(19)9-8-14-7-5-6-12(2)17(14,16)4/h7,10,12,16H,5-6,8-9H2,1-4H3/b11-10+/t12-,16-,17+/m0/s1. The first kappa shape index (κ1) is 15.0. The Bertz CT molecular complexity index is 486. The van der Waals surface area contributed by atoms with E-state index in [2.05, 4.69) is 19.9 Å². The summed E-state index contributed by atoms with van der Waals surface area (Å²) in [7, 11) is 0. The summed E-state index contributed by atoms with van der Waals surface area (Å²) in [6.45, 7) is 7.72. The fourth-order valence-corrected chi connectivity index (χ4v) is 3.89. The molecule has 0 aliphatic heterocycles. The van der Waals surface area contributed by atoms with Gasteiger partial charge in [-0.25, -0.2) is 0 Å². The number of ether oxygens (including phenoxy) is 1. The van der Waals surface area contributed by atoms with E-state index in [1.165, 1.54) is 18.8 Å². The second-order valence-corrected chi connectivity index (χ2v) is 6.36. The van der Waals surface area contributed by atoms with E-state index >= 15 is 0 Å². The molecule has 2 aliphatic carbocycles. The zero-order valence-corrected chi connectivity index (χ0v) is 12.9. The minimum absolute atomic E-state index is 0.117. The summed E-state index contributed by atoms with van der Waals surface area (Å²) in [4.78, 5) is 23.5. The highest BCUT2D eigenvalue weighted by Crippen LogP contribution is 2.54. The van der Waals surface area contributed by atoms with Crippen LogP contribution in [0.2, 0.25) is 0 Å². The number of hydrogen-bond acceptors (Lipinski definition) is 3. The smallest absolute Gasteiger partial charge is 0.307 e. The van der Waals surface area contributed by atoms with Crippen LogP contribution in [0.3, 0.4) is 0 Å². The van der Waals surface area contributed by atoms with Crippen molar-refractivity contribution >= 4 is 11.8 Å². The van der Waals surface area contributed by atoms with Crippen molar-refractivity contribution in [2.24, 2.45) is 17.3 Å². The van der Waals surface area contributed by atoms with Crippen LogP contribution in [0.5, 0.6) is 0 Å². The molecule has 0 saturated heterocycles. The molecule has 1 fully saturated rings. The number of esters is 1. The zero-order valence-electron chi connectivity index (χ0n) is 12.9. The summed E-state index contributed by atoms with van der Waals surface area (Å²) < 4.78 is 4.99. The van der Waals surface area contributed by atoms with Crippen molar-refractivity contribution in [2.75, 3.05) is 0 Å². The number of ketones is 1. The third kappa shape index (κ3) is 2.46. The van der Waals surface area contributed by atoms with Gasteiger partial charge in [-0.2, -0.15) is 0 Å². The van der Waals surface area contributed by atoms with Gasteiger partial charge in [0, 0.05) is 18.8 Å². The predicted octanol–water partition coefficient (Wildman–Crippen LogP) is 3.80. The summed E-state index contributed by atoms with van der Waals surface area (Å²) >= 11 is 0. The van der Waals surface area contributed by atoms with Crippen LogP contribution in [0.15, 0.2) is 23.5 Å². The van der Waals surface area contributed by atoms with Crippen molar-refractivity contribution in [3.63, 3.8) is 0 Å². The molecule has 0 amide bonds. The van der Waals surface area contributed by atoms with Gasteiger partial charge in [-0.15, -0.1) is 0 Å². The highest BCUT2D eigenvalue weighted by atomic mass is 16.5. The van der Waals surface area contributed by atoms with E-state index in [-0.39, 0.29) is 23.1 Å². The third-order valence-corrected chi connectivity index (χ3v) is 5.13. The van der Waals surface area contributed by atoms with Crippen LogP contribution in [0.25, 0.3) is 0 Å². The predicted molar refractivity (Wildman–Crippen MR) is 77.8 cm³/mol. The first-order valence-electron chi connectivity index (χ1n) is 7.43. The number of carbonyl (C=O) groups excluding carboxylic acids is 2. The molecule has 0 aromatic heterocycles. The Morgan fingerprint density at radius 1 is 1.40 bits per heavy atom. The Hall–Kier alpha value is -1.38. The molecule has 0 bridgehead atoms. The monoisotopic (exact) mass is 276 g/mol. The van der Waals surface area contributed by atoms with E-state index < -0.39 is 0 Å². The van der Waals surface area contributed by atoms with E-state index in [0.717, 1.165) is 24.8 Å². The fourth-order valence-electron chi connectivity index (χ4n) is 3.89. The molecule has 0 aromatic carbocycles. The first-order valence-corrected chi connectivity index (χ1v) is 7.43. The number of carbonyl (C=O) groups is 2. The van der Waals surface area contributed by atoms with Gasteiger partial charge in [0.05, 0.1) is 12.2 Å². The molecule has 20 heavy (non-hydrogen) atoms. The van der Waals surface area contributed by atoms with Crippen LogP contribution in [0.4, 0.5) is 0 Å². The fraction of sp³-hybridized carbons (Fsp3) is 0.647. The van der Waals surface area contributed by atoms with Crippen LogP contribution in [0.1, 0.15) is 53.4 Å². The van der Waals surface area contributed by atoms with Crippen molar-refractivity contribution in [1.29, 1.82) is 0 Å². The van der Waals surface area contributed by atoms with E-state index in [9.17, 15) is 9.59 Å². The summed E-state index contributed by atoms with van der Waals surface area (Å²) in [5, 5.41) is 0. The van der Waals surface area contributed by atoms with Gasteiger partial charge in [0.2, 0.25) is 0 Å². The summed E-state index contributed by atoms with van der Waals surface area (Å²) in [5.41, 5.74) is 2.16. The Kier molecular flexibility index (Phi) is 4.17. The molecule has 2 rings (SSSR count). The second kappa shape index (κ2) is 5.55. The lowest BCUT2D eigenvalue weighted by molar-refractivity contribution is -0.136. The van der Waals surface area contributed by atoms with Crippen LogP contribution < -0.4 is 0 Å². The molecular weight excluding hydrogens is 252 g/mol. The molecule has 0 spiro atoms. The van der Waals surface area contributed by atoms with Crippen molar-refractivity contribution in [3.8, 4) is 0 Å². The average molecular weight is 276 g/mol. The Balaban J connectivity index is 2.39. The van der Waals surface area contributed by atoms with Crippen LogP contribution >= 0.6 is 0 Å². The summed E-state index contributed by atoms with van der Waals surface area (Å²) in [5.74, 6) is 0.249. The lowest BCUT2D eigenvalue weighted by Gasteiger charge is -2.49. The third-order valence-electron chi connectivity index (χ3n) is 5.13. The SMILES string of the molecule is CC(=O)O/C=C(\C)[C@H]1C(=O)CCC2=CCC[C@H](C)[C@]21C. The number of allylic oxidation sites excluding steroid dienone is 3. The van der Waals surface area contributed by atoms with Crippen LogP contribution in [0, 0.1) is 17.3 Å². The van der Waals surface area contributed by atoms with Gasteiger partial charge in [0.15, 0.2) is 0 Å². The number of rotatable bonds is 2. The summed E-state index contributed by atoms with van der Waals surface area (Å²) in [6.07, 6.45) is 7.50. The maximum absolute atomic E-state index is 12.5. The second-order valence-electron chi connectivity index (χ2n) is 6.36. The number of Topliss-reactive ketones (excluding diaryl/α,β-unsaturated/α-hetero) is 1. The van der Waals surface area contributed by atoms with Gasteiger partial charge in [0.1, 0.15) is 5.78 Å². The lowest BCUT2D eigenvalue weighted by atomic mass is 9.54. The minimum Gasteiger partial charge on any atom is -0.435 e. The Morgan fingerprint density at radius 3 is 2.75 bits per heavy atom. The van der Waals surface area contributed by atoms with Gasteiger partial charge < -0.3 is 4.74 Å². The largest absolute Gasteiger partial charge is 0.435 e. The van der Waals surface area contributed by atoms with Gasteiger partial charge in [-0.05, 0) is 37.7 Å². The number of hydrogen-bond donors (Lipinski definition) is 0. The maximum atomic E-state index is 12.5. The van der Waals surface area contributed by atoms with Gasteiger partial charge in [0.25, 0.3) is 0 Å². The lowest BCUT2D eigenvalue weighted by Crippen LogP contribution is -2.45. The maximum Gasteiger partial charge on any atom is 0.307 e. The molecule has 0 unspecified atom stereocenters. The Labute approximate surface area is 121 Å².